The van der Waals surface area contributed by atoms with Crippen molar-refractivity contribution in [2.24, 2.45) is 5.92 Å². The van der Waals surface area contributed by atoms with Crippen LogP contribution in [-0.4, -0.2) is 23.2 Å². The molecule has 114 valence electrons. The van der Waals surface area contributed by atoms with Crippen molar-refractivity contribution < 1.29 is 13.2 Å². The zero-order valence-corrected chi connectivity index (χ0v) is 13.3. The molecule has 1 aromatic carbocycles. The summed E-state index contributed by atoms with van der Waals surface area (Å²) in [6.07, 6.45) is 1.49. The van der Waals surface area contributed by atoms with Crippen LogP contribution in [-0.2, 0) is 22.2 Å². The fourth-order valence-electron chi connectivity index (χ4n) is 1.74. The Morgan fingerprint density at radius 1 is 1.29 bits per heavy atom. The first-order valence-corrected chi connectivity index (χ1v) is 8.71. The molecule has 6 nitrogen and oxygen atoms in total. The summed E-state index contributed by atoms with van der Waals surface area (Å²) < 4.78 is 29.7. The molecule has 0 radical (unpaired) electrons. The summed E-state index contributed by atoms with van der Waals surface area (Å²) in [5.74, 6) is 1.72. The summed E-state index contributed by atoms with van der Waals surface area (Å²) in [7, 11) is 1.54. The summed E-state index contributed by atoms with van der Waals surface area (Å²) in [5, 5.41) is 4.14. The van der Waals surface area contributed by atoms with Gasteiger partial charge < -0.3 is 4.74 Å². The number of halogens is 1. The molecule has 2 aromatic rings. The van der Waals surface area contributed by atoms with Crippen LogP contribution in [0.5, 0.6) is 5.75 Å². The van der Waals surface area contributed by atoms with Crippen molar-refractivity contribution in [3.05, 3.63) is 36.4 Å². The van der Waals surface area contributed by atoms with Gasteiger partial charge in [0.15, 0.2) is 5.82 Å². The van der Waals surface area contributed by atoms with E-state index in [1.165, 1.54) is 18.5 Å². The standard InChI is InChI=1S/C13H16ClN3O3S/c1-10(2)7-17-13(15-9-16-17)8-20-11-3-5-12(6-4-11)21(14,18)19/h3-6,9-10H,7-8H2,1-2H3. The minimum absolute atomic E-state index is 0.0412. The Hall–Kier alpha value is -1.60. The molecule has 1 heterocycles. The number of aromatic nitrogens is 3. The van der Waals surface area contributed by atoms with Gasteiger partial charge in [0.05, 0.1) is 4.90 Å². The molecular formula is C13H16ClN3O3S. The van der Waals surface area contributed by atoms with E-state index < -0.39 is 9.05 Å². The van der Waals surface area contributed by atoms with E-state index in [1.54, 1.807) is 16.8 Å². The van der Waals surface area contributed by atoms with Gasteiger partial charge in [-0.25, -0.2) is 18.1 Å². The number of ether oxygens (including phenoxy) is 1. The minimum Gasteiger partial charge on any atom is -0.486 e. The van der Waals surface area contributed by atoms with Crippen LogP contribution in [0.4, 0.5) is 0 Å². The molecule has 0 aliphatic rings. The van der Waals surface area contributed by atoms with Crippen LogP contribution in [0.1, 0.15) is 19.7 Å². The highest BCUT2D eigenvalue weighted by Crippen LogP contribution is 2.19. The Morgan fingerprint density at radius 2 is 1.95 bits per heavy atom. The van der Waals surface area contributed by atoms with Crippen molar-refractivity contribution in [3.63, 3.8) is 0 Å². The Morgan fingerprint density at radius 3 is 2.52 bits per heavy atom. The fraction of sp³-hybridized carbons (Fsp3) is 0.385. The lowest BCUT2D eigenvalue weighted by Gasteiger charge is -2.10. The highest BCUT2D eigenvalue weighted by atomic mass is 35.7. The van der Waals surface area contributed by atoms with Crippen molar-refractivity contribution in [1.82, 2.24) is 14.8 Å². The molecule has 0 bridgehead atoms. The third-order valence-corrected chi connectivity index (χ3v) is 4.08. The Kier molecular flexibility index (Phi) is 4.84. The fourth-order valence-corrected chi connectivity index (χ4v) is 2.51. The maximum absolute atomic E-state index is 11.1. The van der Waals surface area contributed by atoms with Gasteiger partial charge in [-0.1, -0.05) is 13.8 Å². The van der Waals surface area contributed by atoms with Gasteiger partial charge in [-0.15, -0.1) is 0 Å². The summed E-state index contributed by atoms with van der Waals surface area (Å²) in [6.45, 7) is 5.22. The number of rotatable bonds is 6. The van der Waals surface area contributed by atoms with Crippen LogP contribution >= 0.6 is 10.7 Å². The SMILES string of the molecule is CC(C)Cn1ncnc1COc1ccc(S(=O)(=O)Cl)cc1. The lowest BCUT2D eigenvalue weighted by molar-refractivity contribution is 0.282. The van der Waals surface area contributed by atoms with Crippen molar-refractivity contribution in [2.45, 2.75) is 31.9 Å². The monoisotopic (exact) mass is 329 g/mol. The predicted octanol–water partition coefficient (Wildman–Crippen LogP) is 2.44. The van der Waals surface area contributed by atoms with Gasteiger partial charge in [0.2, 0.25) is 0 Å². The number of nitrogens with zero attached hydrogens (tertiary/aromatic N) is 3. The average Bonchev–Trinajstić information content (AvgIpc) is 2.82. The smallest absolute Gasteiger partial charge is 0.261 e. The van der Waals surface area contributed by atoms with E-state index in [1.807, 2.05) is 0 Å². The van der Waals surface area contributed by atoms with Crippen molar-refractivity contribution in [2.75, 3.05) is 0 Å². The van der Waals surface area contributed by atoms with Gasteiger partial charge >= 0.3 is 0 Å². The molecule has 1 aromatic heterocycles. The molecule has 0 aliphatic heterocycles. The Bertz CT molecular complexity index is 696. The highest BCUT2D eigenvalue weighted by molar-refractivity contribution is 8.13. The number of hydrogen-bond acceptors (Lipinski definition) is 5. The summed E-state index contributed by atoms with van der Waals surface area (Å²) >= 11 is 0. The lowest BCUT2D eigenvalue weighted by Crippen LogP contribution is -2.12. The van der Waals surface area contributed by atoms with Crippen LogP contribution in [0.2, 0.25) is 0 Å². The van der Waals surface area contributed by atoms with Gasteiger partial charge in [0, 0.05) is 17.2 Å². The third-order valence-electron chi connectivity index (χ3n) is 2.71. The lowest BCUT2D eigenvalue weighted by atomic mass is 10.2. The number of benzene rings is 1. The van der Waals surface area contributed by atoms with E-state index in [0.717, 1.165) is 12.4 Å². The van der Waals surface area contributed by atoms with Gasteiger partial charge in [-0.05, 0) is 30.2 Å². The maximum Gasteiger partial charge on any atom is 0.261 e. The third kappa shape index (κ3) is 4.44. The molecule has 0 atom stereocenters. The molecular weight excluding hydrogens is 314 g/mol. The van der Waals surface area contributed by atoms with E-state index in [9.17, 15) is 8.42 Å². The van der Waals surface area contributed by atoms with Crippen molar-refractivity contribution >= 4 is 19.7 Å². The van der Waals surface area contributed by atoms with E-state index in [4.69, 9.17) is 15.4 Å². The molecule has 21 heavy (non-hydrogen) atoms. The molecule has 0 N–H and O–H groups in total. The van der Waals surface area contributed by atoms with Crippen LogP contribution in [0, 0.1) is 5.92 Å². The van der Waals surface area contributed by atoms with Crippen LogP contribution in [0.25, 0.3) is 0 Å². The summed E-state index contributed by atoms with van der Waals surface area (Å²) in [5.41, 5.74) is 0. The first-order chi connectivity index (χ1) is 9.86. The summed E-state index contributed by atoms with van der Waals surface area (Å²) in [4.78, 5) is 4.19. The topological polar surface area (TPSA) is 74.1 Å². The van der Waals surface area contributed by atoms with E-state index >= 15 is 0 Å². The molecule has 0 spiro atoms. The highest BCUT2D eigenvalue weighted by Gasteiger charge is 2.10. The average molecular weight is 330 g/mol. The van der Waals surface area contributed by atoms with Crippen LogP contribution in [0.15, 0.2) is 35.5 Å². The zero-order chi connectivity index (χ0) is 15.5. The van der Waals surface area contributed by atoms with Gasteiger partial charge in [0.25, 0.3) is 9.05 Å². The Labute approximate surface area is 128 Å². The van der Waals surface area contributed by atoms with Gasteiger partial charge in [-0.3, -0.25) is 0 Å². The molecule has 0 saturated carbocycles. The summed E-state index contributed by atoms with van der Waals surface area (Å²) in [6, 6.07) is 5.91. The Balaban J connectivity index is 2.02. The minimum atomic E-state index is -3.71. The van der Waals surface area contributed by atoms with Crippen LogP contribution < -0.4 is 4.74 Å². The van der Waals surface area contributed by atoms with Crippen molar-refractivity contribution in [3.8, 4) is 5.75 Å². The molecule has 0 unspecified atom stereocenters. The maximum atomic E-state index is 11.1. The zero-order valence-electron chi connectivity index (χ0n) is 11.7. The van der Waals surface area contributed by atoms with Gasteiger partial charge in [0.1, 0.15) is 18.7 Å². The van der Waals surface area contributed by atoms with E-state index in [2.05, 4.69) is 23.9 Å². The van der Waals surface area contributed by atoms with Crippen molar-refractivity contribution in [1.29, 1.82) is 0 Å². The molecule has 0 amide bonds. The van der Waals surface area contributed by atoms with Gasteiger partial charge in [-0.2, -0.15) is 5.10 Å². The van der Waals surface area contributed by atoms with E-state index in [0.29, 0.717) is 11.7 Å². The first-order valence-electron chi connectivity index (χ1n) is 6.40. The first kappa shape index (κ1) is 15.8. The predicted molar refractivity (Wildman–Crippen MR) is 78.7 cm³/mol. The molecule has 2 rings (SSSR count). The van der Waals surface area contributed by atoms with E-state index in [-0.39, 0.29) is 11.5 Å². The molecule has 0 fully saturated rings. The normalized spacial score (nSPS) is 11.8. The second-order valence-corrected chi connectivity index (χ2v) is 7.52. The molecule has 8 heteroatoms. The number of hydrogen-bond donors (Lipinski definition) is 0. The second-order valence-electron chi connectivity index (χ2n) is 4.95. The molecule has 0 aliphatic carbocycles. The quantitative estimate of drug-likeness (QED) is 0.761. The van der Waals surface area contributed by atoms with Crippen LogP contribution in [0.3, 0.4) is 0 Å². The molecule has 0 saturated heterocycles. The second kappa shape index (κ2) is 6.44. The largest absolute Gasteiger partial charge is 0.486 e.